The molecule has 0 atom stereocenters. The molecule has 2 aromatic heterocycles. The van der Waals surface area contributed by atoms with E-state index in [0.29, 0.717) is 24.7 Å². The van der Waals surface area contributed by atoms with E-state index < -0.39 is 0 Å². The topological polar surface area (TPSA) is 62.3 Å². The Morgan fingerprint density at radius 3 is 2.68 bits per heavy atom. The summed E-state index contributed by atoms with van der Waals surface area (Å²) in [6.07, 6.45) is 3.44. The number of rotatable bonds is 9. The first-order valence-corrected chi connectivity index (χ1v) is 8.78. The first-order chi connectivity index (χ1) is 12.3. The lowest BCUT2D eigenvalue weighted by atomic mass is 10.3. The third-order valence-electron chi connectivity index (χ3n) is 3.41. The molecule has 0 spiro atoms. The van der Waals surface area contributed by atoms with Crippen LogP contribution in [0.3, 0.4) is 0 Å². The van der Waals surface area contributed by atoms with Crippen LogP contribution in [-0.2, 0) is 6.54 Å². The van der Waals surface area contributed by atoms with Gasteiger partial charge in [0.1, 0.15) is 11.5 Å². The van der Waals surface area contributed by atoms with E-state index in [1.54, 1.807) is 25.1 Å². The van der Waals surface area contributed by atoms with E-state index in [-0.39, 0.29) is 0 Å². The minimum absolute atomic E-state index is 0.564. The number of methoxy groups -OCH3 is 1. The highest BCUT2D eigenvalue weighted by atomic mass is 32.2. The number of aromatic nitrogens is 3. The summed E-state index contributed by atoms with van der Waals surface area (Å²) in [6, 6.07) is 11.2. The van der Waals surface area contributed by atoms with Crippen molar-refractivity contribution in [1.29, 1.82) is 0 Å². The molecule has 0 saturated heterocycles. The Labute approximate surface area is 150 Å². The summed E-state index contributed by atoms with van der Waals surface area (Å²) in [7, 11) is 1.64. The van der Waals surface area contributed by atoms with Gasteiger partial charge in [-0.2, -0.15) is 0 Å². The van der Waals surface area contributed by atoms with Crippen molar-refractivity contribution >= 4 is 11.8 Å². The summed E-state index contributed by atoms with van der Waals surface area (Å²) < 4.78 is 18.3. The lowest BCUT2D eigenvalue weighted by Gasteiger charge is -2.08. The molecule has 1 aromatic carbocycles. The normalized spacial score (nSPS) is 10.6. The average Bonchev–Trinajstić information content (AvgIpc) is 3.30. The molecule has 0 aliphatic carbocycles. The van der Waals surface area contributed by atoms with E-state index >= 15 is 0 Å². The van der Waals surface area contributed by atoms with Gasteiger partial charge in [-0.1, -0.05) is 17.8 Å². The highest BCUT2D eigenvalue weighted by molar-refractivity contribution is 7.99. The van der Waals surface area contributed by atoms with Crippen LogP contribution in [-0.4, -0.2) is 34.2 Å². The molecule has 130 valence electrons. The van der Waals surface area contributed by atoms with Gasteiger partial charge in [-0.3, -0.25) is 4.57 Å². The molecule has 25 heavy (non-hydrogen) atoms. The van der Waals surface area contributed by atoms with Gasteiger partial charge >= 0.3 is 0 Å². The van der Waals surface area contributed by atoms with Crippen LogP contribution in [0.15, 0.2) is 64.9 Å². The van der Waals surface area contributed by atoms with Gasteiger partial charge in [0.25, 0.3) is 0 Å². The highest BCUT2D eigenvalue weighted by Gasteiger charge is 2.15. The molecule has 0 amide bonds. The summed E-state index contributed by atoms with van der Waals surface area (Å²) in [6.45, 7) is 4.98. The van der Waals surface area contributed by atoms with Gasteiger partial charge in [-0.05, 0) is 36.4 Å². The summed E-state index contributed by atoms with van der Waals surface area (Å²) in [5.41, 5.74) is 0. The lowest BCUT2D eigenvalue weighted by molar-refractivity contribution is 0.342. The van der Waals surface area contributed by atoms with Crippen molar-refractivity contribution in [3.63, 3.8) is 0 Å². The lowest BCUT2D eigenvalue weighted by Crippen LogP contribution is -2.04. The molecular formula is C18H19N3O3S. The second-order valence-corrected chi connectivity index (χ2v) is 6.12. The zero-order valence-corrected chi connectivity index (χ0v) is 14.7. The molecule has 0 aliphatic rings. The molecule has 0 saturated carbocycles. The van der Waals surface area contributed by atoms with E-state index in [1.807, 2.05) is 47.0 Å². The van der Waals surface area contributed by atoms with Crippen LogP contribution in [0.4, 0.5) is 0 Å². The van der Waals surface area contributed by atoms with Gasteiger partial charge in [-0.25, -0.2) is 0 Å². The van der Waals surface area contributed by atoms with E-state index in [4.69, 9.17) is 13.9 Å². The molecule has 0 N–H and O–H groups in total. The zero-order chi connectivity index (χ0) is 17.5. The minimum Gasteiger partial charge on any atom is -0.497 e. The Balaban J connectivity index is 1.58. The second kappa shape index (κ2) is 8.43. The smallest absolute Gasteiger partial charge is 0.200 e. The number of allylic oxidation sites excluding steroid dienone is 1. The van der Waals surface area contributed by atoms with Crippen LogP contribution in [0.2, 0.25) is 0 Å². The Bertz CT molecular complexity index is 798. The van der Waals surface area contributed by atoms with E-state index in [2.05, 4.69) is 16.8 Å². The summed E-state index contributed by atoms with van der Waals surface area (Å²) >= 11 is 1.58. The first kappa shape index (κ1) is 17.2. The average molecular weight is 357 g/mol. The number of ether oxygens (including phenoxy) is 2. The van der Waals surface area contributed by atoms with Crippen molar-refractivity contribution in [3.05, 3.63) is 55.3 Å². The Morgan fingerprint density at radius 2 is 2.00 bits per heavy atom. The predicted molar refractivity (Wildman–Crippen MR) is 97.1 cm³/mol. The molecule has 0 radical (unpaired) electrons. The fourth-order valence-corrected chi connectivity index (χ4v) is 3.01. The summed E-state index contributed by atoms with van der Waals surface area (Å²) in [4.78, 5) is 0. The molecule has 0 aliphatic heterocycles. The molecule has 7 heteroatoms. The fourth-order valence-electron chi connectivity index (χ4n) is 2.24. The fraction of sp³-hybridized carbons (Fsp3) is 0.222. The third-order valence-corrected chi connectivity index (χ3v) is 4.34. The van der Waals surface area contributed by atoms with E-state index in [0.717, 1.165) is 22.4 Å². The first-order valence-electron chi connectivity index (χ1n) is 7.79. The standard InChI is InChI=1S/C18H19N3O3S/c1-3-10-21-17(16-5-4-11-24-16)19-20-18(21)25-13-12-23-15-8-6-14(22-2)7-9-15/h3-9,11H,1,10,12-13H2,2H3. The van der Waals surface area contributed by atoms with Gasteiger partial charge in [0.15, 0.2) is 10.9 Å². The zero-order valence-electron chi connectivity index (χ0n) is 13.9. The molecular weight excluding hydrogens is 338 g/mol. The predicted octanol–water partition coefficient (Wildman–Crippen LogP) is 3.90. The largest absolute Gasteiger partial charge is 0.497 e. The van der Waals surface area contributed by atoms with Crippen LogP contribution in [0.25, 0.3) is 11.6 Å². The van der Waals surface area contributed by atoms with Gasteiger partial charge in [-0.15, -0.1) is 16.8 Å². The van der Waals surface area contributed by atoms with Gasteiger partial charge in [0.2, 0.25) is 5.82 Å². The number of hydrogen-bond acceptors (Lipinski definition) is 6. The molecule has 0 bridgehead atoms. The Kier molecular flexibility index (Phi) is 5.79. The maximum absolute atomic E-state index is 5.73. The molecule has 0 fully saturated rings. The SMILES string of the molecule is C=CCn1c(SCCOc2ccc(OC)cc2)nnc1-c1ccco1. The molecule has 3 aromatic rings. The molecule has 0 unspecified atom stereocenters. The third kappa shape index (κ3) is 4.24. The van der Waals surface area contributed by atoms with Crippen molar-refractivity contribution < 1.29 is 13.9 Å². The number of hydrogen-bond donors (Lipinski definition) is 0. The van der Waals surface area contributed by atoms with Crippen molar-refractivity contribution in [2.45, 2.75) is 11.7 Å². The number of nitrogens with zero attached hydrogens (tertiary/aromatic N) is 3. The van der Waals surface area contributed by atoms with Crippen molar-refractivity contribution in [3.8, 4) is 23.1 Å². The molecule has 2 heterocycles. The second-order valence-electron chi connectivity index (χ2n) is 5.06. The van der Waals surface area contributed by atoms with Crippen LogP contribution in [0, 0.1) is 0 Å². The van der Waals surface area contributed by atoms with Crippen molar-refractivity contribution in [2.24, 2.45) is 0 Å². The maximum atomic E-state index is 5.73. The summed E-state index contributed by atoms with van der Waals surface area (Å²) in [5, 5.41) is 9.29. The molecule has 3 rings (SSSR count). The number of benzene rings is 1. The quantitative estimate of drug-likeness (QED) is 0.329. The summed E-state index contributed by atoms with van der Waals surface area (Å²) in [5.74, 6) is 3.76. The monoisotopic (exact) mass is 357 g/mol. The van der Waals surface area contributed by atoms with Crippen LogP contribution in [0.5, 0.6) is 11.5 Å². The van der Waals surface area contributed by atoms with Gasteiger partial charge in [0.05, 0.1) is 20.0 Å². The van der Waals surface area contributed by atoms with E-state index in [1.165, 1.54) is 0 Å². The van der Waals surface area contributed by atoms with Crippen LogP contribution >= 0.6 is 11.8 Å². The van der Waals surface area contributed by atoms with Gasteiger partial charge < -0.3 is 13.9 Å². The Morgan fingerprint density at radius 1 is 1.20 bits per heavy atom. The minimum atomic E-state index is 0.564. The van der Waals surface area contributed by atoms with Gasteiger partial charge in [0, 0.05) is 12.3 Å². The van der Waals surface area contributed by atoms with Crippen LogP contribution < -0.4 is 9.47 Å². The van der Waals surface area contributed by atoms with Crippen molar-refractivity contribution in [2.75, 3.05) is 19.5 Å². The Hall–Kier alpha value is -2.67. The number of furan rings is 1. The van der Waals surface area contributed by atoms with Crippen LogP contribution in [0.1, 0.15) is 0 Å². The van der Waals surface area contributed by atoms with E-state index in [9.17, 15) is 0 Å². The van der Waals surface area contributed by atoms with Crippen molar-refractivity contribution in [1.82, 2.24) is 14.8 Å². The highest BCUT2D eigenvalue weighted by Crippen LogP contribution is 2.24. The number of thioether (sulfide) groups is 1. The maximum Gasteiger partial charge on any atom is 0.200 e. The molecule has 6 nitrogen and oxygen atoms in total.